The molecule has 0 spiro atoms. The summed E-state index contributed by atoms with van der Waals surface area (Å²) in [5, 5.41) is 3.16. The van der Waals surface area contributed by atoms with E-state index in [0.717, 1.165) is 6.54 Å². The molecular formula is C15H25NO3. The van der Waals surface area contributed by atoms with Crippen LogP contribution in [0.5, 0.6) is 0 Å². The Morgan fingerprint density at radius 1 is 1.16 bits per heavy atom. The molecule has 108 valence electrons. The largest absolute Gasteiger partial charge is 0.382 e. The smallest absolute Gasteiger partial charge is 0.0950 e. The molecule has 1 aromatic rings. The Balaban J connectivity index is 2.36. The van der Waals surface area contributed by atoms with Crippen molar-refractivity contribution in [3.63, 3.8) is 0 Å². The fourth-order valence-electron chi connectivity index (χ4n) is 1.82. The van der Waals surface area contributed by atoms with Crippen LogP contribution in [0.4, 0.5) is 0 Å². The molecule has 0 saturated heterocycles. The molecule has 0 heterocycles. The van der Waals surface area contributed by atoms with Gasteiger partial charge in [-0.2, -0.15) is 0 Å². The zero-order chi connectivity index (χ0) is 13.9. The lowest BCUT2D eigenvalue weighted by molar-refractivity contribution is -0.00633. The van der Waals surface area contributed by atoms with Gasteiger partial charge in [0.05, 0.1) is 32.5 Å². The van der Waals surface area contributed by atoms with Crippen LogP contribution in [-0.4, -0.2) is 47.1 Å². The molecule has 0 amide bonds. The number of aryl methyl sites for hydroxylation is 1. The van der Waals surface area contributed by atoms with Gasteiger partial charge < -0.3 is 19.5 Å². The molecule has 1 atom stereocenters. The first-order chi connectivity index (χ1) is 9.27. The van der Waals surface area contributed by atoms with Gasteiger partial charge in [0.15, 0.2) is 0 Å². The first kappa shape index (κ1) is 16.1. The normalized spacial score (nSPS) is 12.6. The van der Waals surface area contributed by atoms with E-state index in [4.69, 9.17) is 14.2 Å². The van der Waals surface area contributed by atoms with Gasteiger partial charge in [0.1, 0.15) is 0 Å². The minimum Gasteiger partial charge on any atom is -0.382 e. The molecule has 0 saturated carbocycles. The molecule has 19 heavy (non-hydrogen) atoms. The number of rotatable bonds is 10. The van der Waals surface area contributed by atoms with Gasteiger partial charge in [-0.3, -0.25) is 0 Å². The van der Waals surface area contributed by atoms with Gasteiger partial charge in [-0.15, -0.1) is 0 Å². The summed E-state index contributed by atoms with van der Waals surface area (Å²) in [6.07, 6.45) is 0.0657. The third kappa shape index (κ3) is 6.68. The van der Waals surface area contributed by atoms with Crippen LogP contribution in [0, 0.1) is 6.92 Å². The van der Waals surface area contributed by atoms with Crippen molar-refractivity contribution in [2.24, 2.45) is 0 Å². The van der Waals surface area contributed by atoms with E-state index in [2.05, 4.69) is 36.5 Å². The highest BCUT2D eigenvalue weighted by Crippen LogP contribution is 2.17. The van der Waals surface area contributed by atoms with Gasteiger partial charge in [-0.25, -0.2) is 0 Å². The molecule has 1 rings (SSSR count). The zero-order valence-electron chi connectivity index (χ0n) is 12.1. The maximum Gasteiger partial charge on any atom is 0.0950 e. The van der Waals surface area contributed by atoms with Gasteiger partial charge in [0.2, 0.25) is 0 Å². The van der Waals surface area contributed by atoms with Crippen LogP contribution in [0.15, 0.2) is 24.3 Å². The zero-order valence-corrected chi connectivity index (χ0v) is 12.1. The summed E-state index contributed by atoms with van der Waals surface area (Å²) in [5.41, 5.74) is 2.45. The first-order valence-corrected chi connectivity index (χ1v) is 6.67. The molecule has 0 aliphatic rings. The third-order valence-corrected chi connectivity index (χ3v) is 2.78. The van der Waals surface area contributed by atoms with Crippen molar-refractivity contribution in [1.29, 1.82) is 0 Å². The van der Waals surface area contributed by atoms with E-state index in [-0.39, 0.29) is 6.10 Å². The first-order valence-electron chi connectivity index (χ1n) is 6.67. The lowest BCUT2D eigenvalue weighted by Crippen LogP contribution is -2.21. The van der Waals surface area contributed by atoms with E-state index in [1.54, 1.807) is 7.11 Å². The Labute approximate surface area is 116 Å². The molecule has 0 radical (unpaired) electrons. The summed E-state index contributed by atoms with van der Waals surface area (Å²) in [7, 11) is 3.60. The molecule has 4 heteroatoms. The number of methoxy groups -OCH3 is 1. The van der Waals surface area contributed by atoms with Gasteiger partial charge in [0.25, 0.3) is 0 Å². The van der Waals surface area contributed by atoms with Gasteiger partial charge >= 0.3 is 0 Å². The molecule has 0 aliphatic carbocycles. The number of nitrogens with one attached hydrogen (secondary N) is 1. The maximum absolute atomic E-state index is 5.88. The van der Waals surface area contributed by atoms with Crippen molar-refractivity contribution in [2.45, 2.75) is 13.0 Å². The molecule has 0 aliphatic heterocycles. The van der Waals surface area contributed by atoms with Crippen LogP contribution in [0.1, 0.15) is 17.2 Å². The van der Waals surface area contributed by atoms with Crippen molar-refractivity contribution < 1.29 is 14.2 Å². The summed E-state index contributed by atoms with van der Waals surface area (Å²) < 4.78 is 16.2. The van der Waals surface area contributed by atoms with Crippen LogP contribution in [0.3, 0.4) is 0 Å². The summed E-state index contributed by atoms with van der Waals surface area (Å²) in [5.74, 6) is 0. The SMILES string of the molecule is CNCC(OCCOCCOC)c1cccc(C)c1. The second kappa shape index (κ2) is 9.92. The molecule has 4 nitrogen and oxygen atoms in total. The van der Waals surface area contributed by atoms with Crippen LogP contribution < -0.4 is 5.32 Å². The molecule has 1 N–H and O–H groups in total. The molecule has 0 aromatic heterocycles. The number of hydrogen-bond acceptors (Lipinski definition) is 4. The van der Waals surface area contributed by atoms with Gasteiger partial charge in [0, 0.05) is 13.7 Å². The Morgan fingerprint density at radius 3 is 2.63 bits per heavy atom. The highest BCUT2D eigenvalue weighted by Gasteiger charge is 2.10. The number of likely N-dealkylation sites (N-methyl/N-ethyl adjacent to an activating group) is 1. The number of benzene rings is 1. The Hall–Kier alpha value is -0.940. The van der Waals surface area contributed by atoms with E-state index in [9.17, 15) is 0 Å². The van der Waals surface area contributed by atoms with Crippen LogP contribution >= 0.6 is 0 Å². The molecular weight excluding hydrogens is 242 g/mol. The molecule has 1 aromatic carbocycles. The van der Waals surface area contributed by atoms with E-state index in [1.807, 2.05) is 7.05 Å². The standard InChI is InChI=1S/C15H25NO3/c1-13-5-4-6-14(11-13)15(12-16-2)19-10-9-18-8-7-17-3/h4-6,11,15-16H,7-10,12H2,1-3H3. The predicted octanol–water partition coefficient (Wildman–Crippen LogP) is 1.94. The Morgan fingerprint density at radius 2 is 1.95 bits per heavy atom. The lowest BCUT2D eigenvalue weighted by atomic mass is 10.1. The van der Waals surface area contributed by atoms with Gasteiger partial charge in [-0.1, -0.05) is 29.8 Å². The minimum atomic E-state index is 0.0657. The van der Waals surface area contributed by atoms with E-state index < -0.39 is 0 Å². The second-order valence-corrected chi connectivity index (χ2v) is 4.44. The van der Waals surface area contributed by atoms with Crippen LogP contribution in [0.25, 0.3) is 0 Å². The second-order valence-electron chi connectivity index (χ2n) is 4.44. The van der Waals surface area contributed by atoms with Gasteiger partial charge in [-0.05, 0) is 19.5 Å². The molecule has 0 fully saturated rings. The Bertz CT molecular complexity index is 344. The molecule has 0 bridgehead atoms. The fraction of sp³-hybridized carbons (Fsp3) is 0.600. The van der Waals surface area contributed by atoms with Crippen LogP contribution in [-0.2, 0) is 14.2 Å². The highest BCUT2D eigenvalue weighted by atomic mass is 16.5. The van der Waals surface area contributed by atoms with Crippen molar-refractivity contribution in [3.05, 3.63) is 35.4 Å². The minimum absolute atomic E-state index is 0.0657. The van der Waals surface area contributed by atoms with E-state index >= 15 is 0 Å². The monoisotopic (exact) mass is 267 g/mol. The summed E-state index contributed by atoms with van der Waals surface area (Å²) in [6.45, 7) is 5.30. The van der Waals surface area contributed by atoms with Crippen molar-refractivity contribution >= 4 is 0 Å². The lowest BCUT2D eigenvalue weighted by Gasteiger charge is -2.18. The van der Waals surface area contributed by atoms with Crippen molar-refractivity contribution in [1.82, 2.24) is 5.32 Å². The fourth-order valence-corrected chi connectivity index (χ4v) is 1.82. The average molecular weight is 267 g/mol. The van der Waals surface area contributed by atoms with Crippen molar-refractivity contribution in [2.75, 3.05) is 47.1 Å². The predicted molar refractivity (Wildman–Crippen MR) is 76.5 cm³/mol. The maximum atomic E-state index is 5.88. The number of ether oxygens (including phenoxy) is 3. The Kier molecular flexibility index (Phi) is 8.41. The third-order valence-electron chi connectivity index (χ3n) is 2.78. The topological polar surface area (TPSA) is 39.7 Å². The summed E-state index contributed by atoms with van der Waals surface area (Å²) >= 11 is 0. The number of hydrogen-bond donors (Lipinski definition) is 1. The van der Waals surface area contributed by atoms with Crippen LogP contribution in [0.2, 0.25) is 0 Å². The molecule has 1 unspecified atom stereocenters. The quantitative estimate of drug-likeness (QED) is 0.658. The summed E-state index contributed by atoms with van der Waals surface area (Å²) in [4.78, 5) is 0. The van der Waals surface area contributed by atoms with Crippen molar-refractivity contribution in [3.8, 4) is 0 Å². The van der Waals surface area contributed by atoms with E-state index in [0.29, 0.717) is 26.4 Å². The highest BCUT2D eigenvalue weighted by molar-refractivity contribution is 5.24. The summed E-state index contributed by atoms with van der Waals surface area (Å²) in [6, 6.07) is 8.41. The van der Waals surface area contributed by atoms with E-state index in [1.165, 1.54) is 11.1 Å². The average Bonchev–Trinajstić information content (AvgIpc) is 2.41.